The zero-order valence-corrected chi connectivity index (χ0v) is 11.3. The molecule has 0 aliphatic rings. The average Bonchev–Trinajstić information content (AvgIpc) is 2.42. The molecule has 100 valence electrons. The van der Waals surface area contributed by atoms with Crippen LogP contribution in [-0.2, 0) is 11.2 Å². The van der Waals surface area contributed by atoms with Crippen molar-refractivity contribution in [1.82, 2.24) is 0 Å². The summed E-state index contributed by atoms with van der Waals surface area (Å²) in [7, 11) is 0. The lowest BCUT2D eigenvalue weighted by Gasteiger charge is -2.10. The van der Waals surface area contributed by atoms with Gasteiger partial charge < -0.3 is 10.5 Å². The fourth-order valence-corrected chi connectivity index (χ4v) is 1.82. The maximum atomic E-state index is 11.9. The molecule has 0 amide bonds. The van der Waals surface area contributed by atoms with Gasteiger partial charge >= 0.3 is 5.97 Å². The van der Waals surface area contributed by atoms with E-state index in [4.69, 9.17) is 10.5 Å². The molecule has 1 aromatic carbocycles. The number of aryl methyl sites for hydroxylation is 1. The zero-order valence-electron chi connectivity index (χ0n) is 11.3. The first-order valence-corrected chi connectivity index (χ1v) is 6.69. The monoisotopic (exact) mass is 249 g/mol. The molecule has 0 radical (unpaired) electrons. The Labute approximate surface area is 109 Å². The van der Waals surface area contributed by atoms with E-state index in [0.29, 0.717) is 12.2 Å². The smallest absolute Gasteiger partial charge is 0.338 e. The van der Waals surface area contributed by atoms with Gasteiger partial charge in [0.05, 0.1) is 12.2 Å². The predicted molar refractivity (Wildman–Crippen MR) is 73.6 cm³/mol. The SMILES string of the molecule is CCc1ccccc1C(=O)OCCCC(N)CC. The molecule has 0 saturated carbocycles. The third kappa shape index (κ3) is 4.49. The molecular formula is C15H23NO2. The van der Waals surface area contributed by atoms with E-state index in [0.717, 1.165) is 31.2 Å². The van der Waals surface area contributed by atoms with Gasteiger partial charge in [-0.25, -0.2) is 4.79 Å². The van der Waals surface area contributed by atoms with Crippen molar-refractivity contribution in [1.29, 1.82) is 0 Å². The van der Waals surface area contributed by atoms with E-state index in [9.17, 15) is 4.79 Å². The van der Waals surface area contributed by atoms with Crippen molar-refractivity contribution in [3.63, 3.8) is 0 Å². The molecular weight excluding hydrogens is 226 g/mol. The molecule has 0 saturated heterocycles. The molecule has 3 heteroatoms. The Morgan fingerprint density at radius 1 is 1.33 bits per heavy atom. The van der Waals surface area contributed by atoms with Gasteiger partial charge in [-0.15, -0.1) is 0 Å². The Morgan fingerprint density at radius 3 is 2.72 bits per heavy atom. The summed E-state index contributed by atoms with van der Waals surface area (Å²) in [6.07, 6.45) is 3.53. The molecule has 3 nitrogen and oxygen atoms in total. The van der Waals surface area contributed by atoms with E-state index in [-0.39, 0.29) is 12.0 Å². The van der Waals surface area contributed by atoms with Crippen LogP contribution in [0.2, 0.25) is 0 Å². The Balaban J connectivity index is 2.41. The molecule has 1 rings (SSSR count). The second kappa shape index (κ2) is 7.88. The number of ether oxygens (including phenoxy) is 1. The number of rotatable bonds is 7. The maximum absolute atomic E-state index is 11.9. The van der Waals surface area contributed by atoms with Crippen molar-refractivity contribution in [2.75, 3.05) is 6.61 Å². The zero-order chi connectivity index (χ0) is 13.4. The maximum Gasteiger partial charge on any atom is 0.338 e. The summed E-state index contributed by atoms with van der Waals surface area (Å²) in [6.45, 7) is 4.55. The van der Waals surface area contributed by atoms with Gasteiger partial charge in [-0.1, -0.05) is 32.0 Å². The van der Waals surface area contributed by atoms with Crippen molar-refractivity contribution in [2.45, 2.75) is 45.6 Å². The summed E-state index contributed by atoms with van der Waals surface area (Å²) >= 11 is 0. The van der Waals surface area contributed by atoms with Crippen LogP contribution in [0.15, 0.2) is 24.3 Å². The number of hydrogen-bond acceptors (Lipinski definition) is 3. The molecule has 18 heavy (non-hydrogen) atoms. The highest BCUT2D eigenvalue weighted by atomic mass is 16.5. The first kappa shape index (κ1) is 14.7. The molecule has 1 atom stereocenters. The van der Waals surface area contributed by atoms with E-state index in [1.54, 1.807) is 0 Å². The molecule has 2 N–H and O–H groups in total. The standard InChI is InChI=1S/C15H23NO2/c1-3-12-8-5-6-10-14(12)15(17)18-11-7-9-13(16)4-2/h5-6,8,10,13H,3-4,7,9,11,16H2,1-2H3. The quantitative estimate of drug-likeness (QED) is 0.597. The molecule has 0 aliphatic carbocycles. The molecule has 0 heterocycles. The molecule has 0 aliphatic heterocycles. The fourth-order valence-electron chi connectivity index (χ4n) is 1.82. The van der Waals surface area contributed by atoms with Gasteiger partial charge in [0, 0.05) is 6.04 Å². The van der Waals surface area contributed by atoms with E-state index in [2.05, 4.69) is 6.92 Å². The van der Waals surface area contributed by atoms with Crippen LogP contribution in [0.25, 0.3) is 0 Å². The molecule has 1 aromatic rings. The minimum absolute atomic E-state index is 0.214. The Kier molecular flexibility index (Phi) is 6.44. The number of benzene rings is 1. The third-order valence-electron chi connectivity index (χ3n) is 3.09. The summed E-state index contributed by atoms with van der Waals surface area (Å²) in [4.78, 5) is 11.9. The Hall–Kier alpha value is -1.35. The lowest BCUT2D eigenvalue weighted by Crippen LogP contribution is -2.19. The number of nitrogens with two attached hydrogens (primary N) is 1. The van der Waals surface area contributed by atoms with E-state index in [1.165, 1.54) is 0 Å². The van der Waals surface area contributed by atoms with Crippen LogP contribution in [-0.4, -0.2) is 18.6 Å². The molecule has 1 unspecified atom stereocenters. The van der Waals surface area contributed by atoms with Gasteiger partial charge in [-0.2, -0.15) is 0 Å². The van der Waals surface area contributed by atoms with Gasteiger partial charge in [0.25, 0.3) is 0 Å². The van der Waals surface area contributed by atoms with Crippen LogP contribution in [0, 0.1) is 0 Å². The third-order valence-corrected chi connectivity index (χ3v) is 3.09. The van der Waals surface area contributed by atoms with E-state index >= 15 is 0 Å². The highest BCUT2D eigenvalue weighted by Gasteiger charge is 2.10. The first-order chi connectivity index (χ1) is 8.69. The summed E-state index contributed by atoms with van der Waals surface area (Å²) < 4.78 is 5.27. The fraction of sp³-hybridized carbons (Fsp3) is 0.533. The van der Waals surface area contributed by atoms with Gasteiger partial charge in [0.15, 0.2) is 0 Å². The number of carbonyl (C=O) groups is 1. The largest absolute Gasteiger partial charge is 0.462 e. The highest BCUT2D eigenvalue weighted by Crippen LogP contribution is 2.11. The lowest BCUT2D eigenvalue weighted by molar-refractivity contribution is 0.0495. The Bertz CT molecular complexity index is 377. The van der Waals surface area contributed by atoms with Crippen molar-refractivity contribution >= 4 is 5.97 Å². The van der Waals surface area contributed by atoms with Crippen LogP contribution in [0.3, 0.4) is 0 Å². The van der Waals surface area contributed by atoms with Gasteiger partial charge in [-0.3, -0.25) is 0 Å². The lowest BCUT2D eigenvalue weighted by atomic mass is 10.1. The molecule has 0 aromatic heterocycles. The van der Waals surface area contributed by atoms with Gasteiger partial charge in [0.1, 0.15) is 0 Å². The molecule has 0 spiro atoms. The minimum atomic E-state index is -0.225. The van der Waals surface area contributed by atoms with Crippen LogP contribution >= 0.6 is 0 Å². The van der Waals surface area contributed by atoms with Crippen LogP contribution in [0.5, 0.6) is 0 Å². The summed E-state index contributed by atoms with van der Waals surface area (Å²) in [5.41, 5.74) is 7.52. The average molecular weight is 249 g/mol. The van der Waals surface area contributed by atoms with Gasteiger partial charge in [-0.05, 0) is 37.3 Å². The van der Waals surface area contributed by atoms with E-state index < -0.39 is 0 Å². The van der Waals surface area contributed by atoms with Crippen molar-refractivity contribution in [3.8, 4) is 0 Å². The summed E-state index contributed by atoms with van der Waals surface area (Å²) in [5, 5.41) is 0. The predicted octanol–water partition coefficient (Wildman–Crippen LogP) is 2.92. The number of carbonyl (C=O) groups excluding carboxylic acids is 1. The summed E-state index contributed by atoms with van der Waals surface area (Å²) in [5.74, 6) is -0.225. The highest BCUT2D eigenvalue weighted by molar-refractivity contribution is 5.91. The minimum Gasteiger partial charge on any atom is -0.462 e. The summed E-state index contributed by atoms with van der Waals surface area (Å²) in [6, 6.07) is 7.80. The van der Waals surface area contributed by atoms with Gasteiger partial charge in [0.2, 0.25) is 0 Å². The van der Waals surface area contributed by atoms with Crippen molar-refractivity contribution < 1.29 is 9.53 Å². The number of hydrogen-bond donors (Lipinski definition) is 1. The molecule has 0 fully saturated rings. The van der Waals surface area contributed by atoms with Crippen molar-refractivity contribution in [3.05, 3.63) is 35.4 Å². The van der Waals surface area contributed by atoms with Crippen molar-refractivity contribution in [2.24, 2.45) is 5.73 Å². The number of esters is 1. The normalized spacial score (nSPS) is 12.2. The van der Waals surface area contributed by atoms with Crippen LogP contribution < -0.4 is 5.73 Å². The van der Waals surface area contributed by atoms with Crippen LogP contribution in [0.4, 0.5) is 0 Å². The topological polar surface area (TPSA) is 52.3 Å². The van der Waals surface area contributed by atoms with E-state index in [1.807, 2.05) is 31.2 Å². The molecule has 0 bridgehead atoms. The first-order valence-electron chi connectivity index (χ1n) is 6.69. The second-order valence-corrected chi connectivity index (χ2v) is 4.46. The van der Waals surface area contributed by atoms with Crippen LogP contribution in [0.1, 0.15) is 49.0 Å². The Morgan fingerprint density at radius 2 is 2.06 bits per heavy atom. The second-order valence-electron chi connectivity index (χ2n) is 4.46.